The van der Waals surface area contributed by atoms with Gasteiger partial charge in [-0.05, 0) is 12.1 Å². The highest BCUT2D eigenvalue weighted by Crippen LogP contribution is 2.04. The first-order valence-corrected chi connectivity index (χ1v) is 4.44. The van der Waals surface area contributed by atoms with E-state index in [2.05, 4.69) is 20.4 Å². The molecule has 6 heteroatoms. The van der Waals surface area contributed by atoms with Crippen LogP contribution in [0.25, 0.3) is 0 Å². The van der Waals surface area contributed by atoms with Crippen molar-refractivity contribution in [1.29, 1.82) is 0 Å². The van der Waals surface area contributed by atoms with Crippen molar-refractivity contribution >= 4 is 5.82 Å². The predicted molar refractivity (Wildman–Crippen MR) is 52.5 cm³/mol. The molecule has 1 N–H and O–H groups in total. The number of halogens is 1. The van der Waals surface area contributed by atoms with Gasteiger partial charge in [-0.3, -0.25) is 4.68 Å². The van der Waals surface area contributed by atoms with Crippen LogP contribution in [0, 0.1) is 5.82 Å². The quantitative estimate of drug-likeness (QED) is 0.814. The van der Waals surface area contributed by atoms with Crippen LogP contribution in [0.2, 0.25) is 0 Å². The Morgan fingerprint density at radius 2 is 2.27 bits per heavy atom. The van der Waals surface area contributed by atoms with Gasteiger partial charge >= 0.3 is 0 Å². The highest BCUT2D eigenvalue weighted by molar-refractivity contribution is 5.33. The van der Waals surface area contributed by atoms with Crippen molar-refractivity contribution in [1.82, 2.24) is 19.7 Å². The molecule has 0 saturated heterocycles. The van der Waals surface area contributed by atoms with Crippen LogP contribution < -0.4 is 5.32 Å². The van der Waals surface area contributed by atoms with Gasteiger partial charge in [-0.25, -0.2) is 14.4 Å². The predicted octanol–water partition coefficient (Wildman–Crippen LogP) is 0.961. The van der Waals surface area contributed by atoms with E-state index in [0.29, 0.717) is 18.2 Å². The fraction of sp³-hybridized carbons (Fsp3) is 0.222. The fourth-order valence-electron chi connectivity index (χ4n) is 1.11. The lowest BCUT2D eigenvalue weighted by Gasteiger charge is -2.01. The molecule has 0 radical (unpaired) electrons. The molecule has 2 aromatic heterocycles. The molecule has 78 valence electrons. The summed E-state index contributed by atoms with van der Waals surface area (Å²) < 4.78 is 14.2. The lowest BCUT2D eigenvalue weighted by atomic mass is 10.4. The van der Waals surface area contributed by atoms with Crippen LogP contribution in [-0.4, -0.2) is 19.7 Å². The molecule has 0 atom stereocenters. The van der Waals surface area contributed by atoms with E-state index in [0.717, 1.165) is 6.20 Å². The van der Waals surface area contributed by atoms with E-state index >= 15 is 0 Å². The Kier molecular flexibility index (Phi) is 2.57. The van der Waals surface area contributed by atoms with Crippen molar-refractivity contribution in [2.24, 2.45) is 7.05 Å². The zero-order valence-electron chi connectivity index (χ0n) is 8.18. The Bertz CT molecular complexity index is 436. The fourth-order valence-corrected chi connectivity index (χ4v) is 1.11. The molecule has 0 amide bonds. The highest BCUT2D eigenvalue weighted by Gasteiger charge is 1.99. The summed E-state index contributed by atoms with van der Waals surface area (Å²) in [6.45, 7) is 0.472. The molecular weight excluding hydrogens is 197 g/mol. The van der Waals surface area contributed by atoms with E-state index in [9.17, 15) is 4.39 Å². The molecule has 5 nitrogen and oxygen atoms in total. The summed E-state index contributed by atoms with van der Waals surface area (Å²) in [5, 5.41) is 7.07. The van der Waals surface area contributed by atoms with Gasteiger partial charge < -0.3 is 5.32 Å². The van der Waals surface area contributed by atoms with E-state index in [1.54, 1.807) is 24.1 Å². The molecule has 0 spiro atoms. The van der Waals surface area contributed by atoms with E-state index in [1.807, 2.05) is 0 Å². The Balaban J connectivity index is 1.96. The summed E-state index contributed by atoms with van der Waals surface area (Å²) in [6.07, 6.45) is 2.78. The molecule has 0 aromatic carbocycles. The van der Waals surface area contributed by atoms with Gasteiger partial charge in [0.1, 0.15) is 18.0 Å². The number of nitrogens with zero attached hydrogens (tertiary/aromatic N) is 4. The molecule has 0 bridgehead atoms. The van der Waals surface area contributed by atoms with Crippen LogP contribution in [0.1, 0.15) is 5.82 Å². The number of nitrogens with one attached hydrogen (secondary N) is 1. The van der Waals surface area contributed by atoms with Gasteiger partial charge in [0, 0.05) is 7.05 Å². The molecule has 15 heavy (non-hydrogen) atoms. The van der Waals surface area contributed by atoms with E-state index in [1.165, 1.54) is 6.07 Å². The zero-order valence-corrected chi connectivity index (χ0v) is 8.18. The van der Waals surface area contributed by atoms with Gasteiger partial charge in [-0.2, -0.15) is 5.10 Å². The number of anilines is 1. The van der Waals surface area contributed by atoms with E-state index < -0.39 is 0 Å². The number of aryl methyl sites for hydroxylation is 1. The van der Waals surface area contributed by atoms with Crippen molar-refractivity contribution in [3.05, 3.63) is 36.3 Å². The van der Waals surface area contributed by atoms with Gasteiger partial charge in [-0.1, -0.05) is 0 Å². The lowest BCUT2D eigenvalue weighted by Crippen LogP contribution is -2.03. The third-order valence-electron chi connectivity index (χ3n) is 1.80. The third-order valence-corrected chi connectivity index (χ3v) is 1.80. The minimum atomic E-state index is -0.350. The van der Waals surface area contributed by atoms with E-state index in [-0.39, 0.29) is 5.82 Å². The van der Waals surface area contributed by atoms with Crippen LogP contribution in [0.5, 0.6) is 0 Å². The lowest BCUT2D eigenvalue weighted by molar-refractivity contribution is 0.621. The molecule has 0 saturated carbocycles. The average molecular weight is 207 g/mol. The molecule has 2 rings (SSSR count). The first kappa shape index (κ1) is 9.57. The Hall–Kier alpha value is -1.98. The Morgan fingerprint density at radius 3 is 2.87 bits per heavy atom. The number of aromatic nitrogens is 4. The molecule has 0 aliphatic rings. The number of pyridine rings is 1. The van der Waals surface area contributed by atoms with Gasteiger partial charge in [0.15, 0.2) is 5.82 Å². The van der Waals surface area contributed by atoms with Crippen LogP contribution in [0.15, 0.2) is 24.7 Å². The van der Waals surface area contributed by atoms with Crippen molar-refractivity contribution in [3.63, 3.8) is 0 Å². The minimum absolute atomic E-state index is 0.350. The van der Waals surface area contributed by atoms with Crippen LogP contribution in [-0.2, 0) is 13.6 Å². The summed E-state index contributed by atoms with van der Waals surface area (Å²) >= 11 is 0. The third kappa shape index (κ3) is 2.49. The highest BCUT2D eigenvalue weighted by atomic mass is 19.1. The maximum atomic E-state index is 12.5. The largest absolute Gasteiger partial charge is 0.363 e. The van der Waals surface area contributed by atoms with Crippen LogP contribution >= 0.6 is 0 Å². The first-order chi connectivity index (χ1) is 7.24. The molecule has 2 heterocycles. The molecule has 0 aliphatic heterocycles. The van der Waals surface area contributed by atoms with Crippen LogP contribution in [0.3, 0.4) is 0 Å². The Labute approximate surface area is 86.0 Å². The van der Waals surface area contributed by atoms with Crippen LogP contribution in [0.4, 0.5) is 10.2 Å². The topological polar surface area (TPSA) is 55.6 Å². The van der Waals surface area contributed by atoms with E-state index in [4.69, 9.17) is 0 Å². The van der Waals surface area contributed by atoms with Gasteiger partial charge in [0.25, 0.3) is 0 Å². The average Bonchev–Trinajstić information content (AvgIpc) is 2.64. The van der Waals surface area contributed by atoms with Crippen molar-refractivity contribution < 1.29 is 4.39 Å². The van der Waals surface area contributed by atoms with Gasteiger partial charge in [-0.15, -0.1) is 0 Å². The first-order valence-electron chi connectivity index (χ1n) is 4.44. The van der Waals surface area contributed by atoms with Crippen molar-refractivity contribution in [3.8, 4) is 0 Å². The molecular formula is C9H10FN5. The monoisotopic (exact) mass is 207 g/mol. The zero-order chi connectivity index (χ0) is 10.7. The van der Waals surface area contributed by atoms with Gasteiger partial charge in [0.2, 0.25) is 0 Å². The Morgan fingerprint density at radius 1 is 1.40 bits per heavy atom. The second kappa shape index (κ2) is 4.04. The maximum Gasteiger partial charge on any atom is 0.169 e. The molecule has 0 fully saturated rings. The van der Waals surface area contributed by atoms with Crippen molar-refractivity contribution in [2.45, 2.75) is 6.54 Å². The maximum absolute atomic E-state index is 12.5. The molecule has 0 aliphatic carbocycles. The van der Waals surface area contributed by atoms with Gasteiger partial charge in [0.05, 0.1) is 12.7 Å². The second-order valence-corrected chi connectivity index (χ2v) is 3.05. The normalized spacial score (nSPS) is 10.3. The summed E-state index contributed by atoms with van der Waals surface area (Å²) in [4.78, 5) is 7.89. The number of hydrogen-bond donors (Lipinski definition) is 1. The standard InChI is InChI=1S/C9H10FN5/c1-15-6-13-9(14-15)5-12-8-3-2-7(10)4-11-8/h2-4,6H,5H2,1H3,(H,11,12). The minimum Gasteiger partial charge on any atom is -0.363 e. The summed E-state index contributed by atoms with van der Waals surface area (Å²) in [7, 11) is 1.80. The molecule has 0 unspecified atom stereocenters. The smallest absolute Gasteiger partial charge is 0.169 e. The summed E-state index contributed by atoms with van der Waals surface area (Å²) in [6, 6.07) is 2.92. The number of rotatable bonds is 3. The number of hydrogen-bond acceptors (Lipinski definition) is 4. The molecule has 2 aromatic rings. The summed E-state index contributed by atoms with van der Waals surface area (Å²) in [5.41, 5.74) is 0. The second-order valence-electron chi connectivity index (χ2n) is 3.05. The van der Waals surface area contributed by atoms with Crippen molar-refractivity contribution in [2.75, 3.05) is 5.32 Å². The summed E-state index contributed by atoms with van der Waals surface area (Å²) in [5.74, 6) is 0.920. The SMILES string of the molecule is Cn1cnc(CNc2ccc(F)cn2)n1.